The van der Waals surface area contributed by atoms with Crippen molar-refractivity contribution in [3.63, 3.8) is 0 Å². The van der Waals surface area contributed by atoms with Crippen LogP contribution in [0.15, 0.2) is 30.3 Å². The summed E-state index contributed by atoms with van der Waals surface area (Å²) >= 11 is 0. The average Bonchev–Trinajstić information content (AvgIpc) is 3.06. The van der Waals surface area contributed by atoms with E-state index in [0.29, 0.717) is 12.1 Å². The lowest BCUT2D eigenvalue weighted by Gasteiger charge is -2.16. The number of carbonyl (C=O) groups is 2. The second-order valence-corrected chi connectivity index (χ2v) is 5.83. The van der Waals surface area contributed by atoms with Crippen LogP contribution in [0.25, 0.3) is 0 Å². The highest BCUT2D eigenvalue weighted by molar-refractivity contribution is 5.96. The Bertz CT molecular complexity index is 734. The van der Waals surface area contributed by atoms with Crippen molar-refractivity contribution in [2.75, 3.05) is 16.8 Å². The first kappa shape index (κ1) is 15.3. The minimum absolute atomic E-state index is 0.124. The summed E-state index contributed by atoms with van der Waals surface area (Å²) in [6, 6.07) is 9.31. The molecular formula is C17H20N4O2. The highest BCUT2D eigenvalue weighted by Crippen LogP contribution is 2.23. The van der Waals surface area contributed by atoms with Crippen molar-refractivity contribution >= 4 is 23.2 Å². The number of rotatable bonds is 4. The zero-order valence-corrected chi connectivity index (χ0v) is 13.4. The molecule has 0 radical (unpaired) electrons. The molecule has 0 atom stereocenters. The van der Waals surface area contributed by atoms with E-state index in [4.69, 9.17) is 0 Å². The van der Waals surface area contributed by atoms with Gasteiger partial charge in [-0.3, -0.25) is 14.3 Å². The molecular weight excluding hydrogens is 292 g/mol. The minimum atomic E-state index is -0.124. The number of nitrogens with one attached hydrogen (secondary N) is 1. The Morgan fingerprint density at radius 2 is 2.00 bits per heavy atom. The molecule has 0 unspecified atom stereocenters. The van der Waals surface area contributed by atoms with Crippen LogP contribution in [-0.2, 0) is 16.1 Å². The Morgan fingerprint density at radius 1 is 1.26 bits per heavy atom. The van der Waals surface area contributed by atoms with E-state index < -0.39 is 0 Å². The zero-order chi connectivity index (χ0) is 16.4. The molecule has 2 amide bonds. The van der Waals surface area contributed by atoms with Crippen LogP contribution in [0.4, 0.5) is 11.4 Å². The SMILES string of the molecule is Cc1cc(C)n(CC(=O)Nc2ccc(N3CCCC3=O)cc2)n1. The van der Waals surface area contributed by atoms with Crippen molar-refractivity contribution < 1.29 is 9.59 Å². The summed E-state index contributed by atoms with van der Waals surface area (Å²) in [5, 5.41) is 7.13. The van der Waals surface area contributed by atoms with E-state index in [1.165, 1.54) is 0 Å². The Hall–Kier alpha value is -2.63. The van der Waals surface area contributed by atoms with E-state index in [-0.39, 0.29) is 18.4 Å². The molecule has 0 bridgehead atoms. The molecule has 120 valence electrons. The fourth-order valence-corrected chi connectivity index (χ4v) is 2.82. The van der Waals surface area contributed by atoms with Crippen LogP contribution >= 0.6 is 0 Å². The number of benzene rings is 1. The van der Waals surface area contributed by atoms with Gasteiger partial charge in [0.1, 0.15) is 6.54 Å². The normalized spacial score (nSPS) is 14.3. The van der Waals surface area contributed by atoms with Gasteiger partial charge in [-0.25, -0.2) is 0 Å². The molecule has 1 fully saturated rings. The molecule has 1 saturated heterocycles. The lowest BCUT2D eigenvalue weighted by molar-refractivity contribution is -0.117. The number of aromatic nitrogens is 2. The van der Waals surface area contributed by atoms with Crippen molar-refractivity contribution in [3.05, 3.63) is 41.7 Å². The molecule has 0 spiro atoms. The van der Waals surface area contributed by atoms with E-state index in [9.17, 15) is 9.59 Å². The third kappa shape index (κ3) is 3.41. The topological polar surface area (TPSA) is 67.2 Å². The maximum Gasteiger partial charge on any atom is 0.246 e. The van der Waals surface area contributed by atoms with Crippen molar-refractivity contribution in [1.29, 1.82) is 0 Å². The van der Waals surface area contributed by atoms with Crippen molar-refractivity contribution in [2.45, 2.75) is 33.2 Å². The second-order valence-electron chi connectivity index (χ2n) is 5.83. The third-order valence-corrected chi connectivity index (χ3v) is 3.93. The van der Waals surface area contributed by atoms with Crippen LogP contribution in [0, 0.1) is 13.8 Å². The summed E-state index contributed by atoms with van der Waals surface area (Å²) in [4.78, 5) is 25.6. The summed E-state index contributed by atoms with van der Waals surface area (Å²) < 4.78 is 1.68. The van der Waals surface area contributed by atoms with Crippen molar-refractivity contribution in [3.8, 4) is 0 Å². The quantitative estimate of drug-likeness (QED) is 0.941. The lowest BCUT2D eigenvalue weighted by Crippen LogP contribution is -2.23. The highest BCUT2D eigenvalue weighted by Gasteiger charge is 2.21. The maximum atomic E-state index is 12.1. The maximum absolute atomic E-state index is 12.1. The fraction of sp³-hybridized carbons (Fsp3) is 0.353. The van der Waals surface area contributed by atoms with E-state index in [2.05, 4.69) is 10.4 Å². The number of aryl methyl sites for hydroxylation is 2. The molecule has 2 heterocycles. The van der Waals surface area contributed by atoms with Gasteiger partial charge in [0.05, 0.1) is 5.69 Å². The van der Waals surface area contributed by atoms with Crippen LogP contribution < -0.4 is 10.2 Å². The van der Waals surface area contributed by atoms with E-state index in [0.717, 1.165) is 30.0 Å². The average molecular weight is 312 g/mol. The lowest BCUT2D eigenvalue weighted by atomic mass is 10.2. The van der Waals surface area contributed by atoms with Gasteiger partial charge in [-0.1, -0.05) is 0 Å². The molecule has 6 heteroatoms. The Balaban J connectivity index is 1.62. The molecule has 0 aliphatic carbocycles. The molecule has 1 aliphatic rings. The largest absolute Gasteiger partial charge is 0.324 e. The molecule has 1 aromatic heterocycles. The summed E-state index contributed by atoms with van der Waals surface area (Å²) in [5.74, 6) is 0.0347. The van der Waals surface area contributed by atoms with Gasteiger partial charge in [0.25, 0.3) is 0 Å². The van der Waals surface area contributed by atoms with Crippen molar-refractivity contribution in [1.82, 2.24) is 9.78 Å². The van der Waals surface area contributed by atoms with Crippen LogP contribution in [0.5, 0.6) is 0 Å². The highest BCUT2D eigenvalue weighted by atomic mass is 16.2. The molecule has 0 saturated carbocycles. The summed E-state index contributed by atoms with van der Waals surface area (Å²) in [6.45, 7) is 4.78. The third-order valence-electron chi connectivity index (χ3n) is 3.93. The molecule has 23 heavy (non-hydrogen) atoms. The van der Waals surface area contributed by atoms with Crippen LogP contribution in [0.3, 0.4) is 0 Å². The predicted molar refractivity (Wildman–Crippen MR) is 88.4 cm³/mol. The van der Waals surface area contributed by atoms with Gasteiger partial charge in [-0.05, 0) is 50.6 Å². The molecule has 3 rings (SSSR count). The first-order valence-corrected chi connectivity index (χ1v) is 7.74. The fourth-order valence-electron chi connectivity index (χ4n) is 2.82. The molecule has 1 aromatic carbocycles. The van der Waals surface area contributed by atoms with Crippen LogP contribution in [-0.4, -0.2) is 28.1 Å². The van der Waals surface area contributed by atoms with Gasteiger partial charge >= 0.3 is 0 Å². The summed E-state index contributed by atoms with van der Waals surface area (Å²) in [5.41, 5.74) is 3.45. The minimum Gasteiger partial charge on any atom is -0.324 e. The van der Waals surface area contributed by atoms with Gasteiger partial charge in [0.15, 0.2) is 0 Å². The van der Waals surface area contributed by atoms with Gasteiger partial charge in [0.2, 0.25) is 11.8 Å². The van der Waals surface area contributed by atoms with E-state index in [1.54, 1.807) is 9.58 Å². The molecule has 6 nitrogen and oxygen atoms in total. The van der Waals surface area contributed by atoms with E-state index >= 15 is 0 Å². The summed E-state index contributed by atoms with van der Waals surface area (Å²) in [7, 11) is 0. The van der Waals surface area contributed by atoms with Crippen molar-refractivity contribution in [2.24, 2.45) is 0 Å². The monoisotopic (exact) mass is 312 g/mol. The van der Waals surface area contributed by atoms with Crippen LogP contribution in [0.2, 0.25) is 0 Å². The zero-order valence-electron chi connectivity index (χ0n) is 13.4. The van der Waals surface area contributed by atoms with Gasteiger partial charge in [-0.2, -0.15) is 5.10 Å². The first-order valence-electron chi connectivity index (χ1n) is 7.74. The van der Waals surface area contributed by atoms with Crippen LogP contribution in [0.1, 0.15) is 24.2 Å². The second kappa shape index (κ2) is 6.24. The van der Waals surface area contributed by atoms with E-state index in [1.807, 2.05) is 44.2 Å². The van der Waals surface area contributed by atoms with Gasteiger partial charge in [0, 0.05) is 30.0 Å². The molecule has 1 N–H and O–H groups in total. The van der Waals surface area contributed by atoms with Gasteiger partial charge < -0.3 is 10.2 Å². The predicted octanol–water partition coefficient (Wildman–Crippen LogP) is 2.27. The number of carbonyl (C=O) groups excluding carboxylic acids is 2. The molecule has 1 aliphatic heterocycles. The van der Waals surface area contributed by atoms with Gasteiger partial charge in [-0.15, -0.1) is 0 Å². The number of anilines is 2. The Labute approximate surface area is 135 Å². The number of nitrogens with zero attached hydrogens (tertiary/aromatic N) is 3. The Kier molecular flexibility index (Phi) is 4.14. The smallest absolute Gasteiger partial charge is 0.246 e. The summed E-state index contributed by atoms with van der Waals surface area (Å²) in [6.07, 6.45) is 1.51. The first-order chi connectivity index (χ1) is 11.0. The number of hydrogen-bond acceptors (Lipinski definition) is 3. The Morgan fingerprint density at radius 3 is 2.57 bits per heavy atom. The number of hydrogen-bond donors (Lipinski definition) is 1. The number of amides is 2. The standard InChI is InChI=1S/C17H20N4O2/c1-12-10-13(2)21(19-12)11-16(22)18-14-5-7-15(8-6-14)20-9-3-4-17(20)23/h5-8,10H,3-4,9,11H2,1-2H3,(H,18,22). The molecule has 2 aromatic rings.